The molecule has 0 aliphatic carbocycles. The molecule has 0 saturated carbocycles. The van der Waals surface area contributed by atoms with E-state index in [2.05, 4.69) is 10.1 Å². The topological polar surface area (TPSA) is 94.0 Å². The van der Waals surface area contributed by atoms with Gasteiger partial charge in [-0.1, -0.05) is 0 Å². The number of amides is 1. The zero-order valence-electron chi connectivity index (χ0n) is 13.9. The molecule has 2 aromatic heterocycles. The van der Waals surface area contributed by atoms with Gasteiger partial charge in [0.1, 0.15) is 16.5 Å². The van der Waals surface area contributed by atoms with Gasteiger partial charge in [0.15, 0.2) is 0 Å². The standard InChI is InChI=1S/C15H10F4N4O3S2/c1-23-6-8(5-20-23)14-21-11(7-27-14)13(24)22-28(25,26)12-3-2-9(16)4-10(12)15(17,18)19/h2-7H,1H3,(H,22,24). The highest BCUT2D eigenvalue weighted by molar-refractivity contribution is 7.90. The number of sulfonamides is 1. The number of benzene rings is 1. The van der Waals surface area contributed by atoms with Crippen LogP contribution in [0.25, 0.3) is 10.6 Å². The highest BCUT2D eigenvalue weighted by Gasteiger charge is 2.38. The molecule has 0 aliphatic rings. The van der Waals surface area contributed by atoms with Crippen LogP contribution in [0.15, 0.2) is 40.9 Å². The first kappa shape index (κ1) is 19.9. The van der Waals surface area contributed by atoms with Crippen molar-refractivity contribution in [1.82, 2.24) is 19.5 Å². The summed E-state index contributed by atoms with van der Waals surface area (Å²) >= 11 is 1.03. The lowest BCUT2D eigenvalue weighted by Crippen LogP contribution is -2.32. The average Bonchev–Trinajstić information content (AvgIpc) is 3.22. The third-order valence-corrected chi connectivity index (χ3v) is 5.73. The van der Waals surface area contributed by atoms with E-state index in [0.717, 1.165) is 11.3 Å². The van der Waals surface area contributed by atoms with Crippen molar-refractivity contribution in [2.45, 2.75) is 11.1 Å². The predicted molar refractivity (Wildman–Crippen MR) is 90.4 cm³/mol. The summed E-state index contributed by atoms with van der Waals surface area (Å²) in [6.45, 7) is 0. The molecule has 0 saturated heterocycles. The fraction of sp³-hybridized carbons (Fsp3) is 0.133. The molecular formula is C15H10F4N4O3S2. The summed E-state index contributed by atoms with van der Waals surface area (Å²) in [5.74, 6) is -2.48. The van der Waals surface area contributed by atoms with Gasteiger partial charge in [-0.2, -0.15) is 18.3 Å². The maximum atomic E-state index is 13.2. The molecule has 148 valence electrons. The second kappa shape index (κ2) is 6.98. The monoisotopic (exact) mass is 434 g/mol. The van der Waals surface area contributed by atoms with Gasteiger partial charge < -0.3 is 0 Å². The number of carbonyl (C=O) groups is 1. The van der Waals surface area contributed by atoms with Gasteiger partial charge in [0.25, 0.3) is 15.9 Å². The summed E-state index contributed by atoms with van der Waals surface area (Å²) in [4.78, 5) is 14.9. The van der Waals surface area contributed by atoms with E-state index < -0.39 is 38.4 Å². The molecule has 28 heavy (non-hydrogen) atoms. The first-order valence-corrected chi connectivity index (χ1v) is 9.72. The largest absolute Gasteiger partial charge is 0.417 e. The Labute approximate surface area is 159 Å². The third-order valence-electron chi connectivity index (χ3n) is 3.45. The van der Waals surface area contributed by atoms with Crippen LogP contribution in [-0.4, -0.2) is 29.1 Å². The molecule has 0 fully saturated rings. The Morgan fingerprint density at radius 2 is 2.00 bits per heavy atom. The zero-order chi connectivity index (χ0) is 20.7. The molecule has 0 spiro atoms. The van der Waals surface area contributed by atoms with E-state index in [1.807, 2.05) is 0 Å². The second-order valence-electron chi connectivity index (χ2n) is 5.51. The van der Waals surface area contributed by atoms with Crippen molar-refractivity contribution in [2.75, 3.05) is 0 Å². The molecule has 2 heterocycles. The maximum absolute atomic E-state index is 13.2. The summed E-state index contributed by atoms with van der Waals surface area (Å²) in [5, 5.41) is 5.56. The number of rotatable bonds is 4. The Hall–Kier alpha value is -2.80. The molecule has 1 N–H and O–H groups in total. The van der Waals surface area contributed by atoms with Gasteiger partial charge >= 0.3 is 6.18 Å². The Bertz CT molecular complexity index is 1150. The molecule has 0 atom stereocenters. The highest BCUT2D eigenvalue weighted by Crippen LogP contribution is 2.34. The van der Waals surface area contributed by atoms with Gasteiger partial charge in [0.2, 0.25) is 0 Å². The number of nitrogens with one attached hydrogen (secondary N) is 1. The van der Waals surface area contributed by atoms with Crippen molar-refractivity contribution in [1.29, 1.82) is 0 Å². The number of halogens is 4. The summed E-state index contributed by atoms with van der Waals surface area (Å²) in [6, 6.07) is 1.04. The fourth-order valence-corrected chi connectivity index (χ4v) is 4.18. The predicted octanol–water partition coefficient (Wildman–Crippen LogP) is 2.82. The van der Waals surface area contributed by atoms with Gasteiger partial charge in [0.05, 0.1) is 16.7 Å². The smallest absolute Gasteiger partial charge is 0.275 e. The molecule has 3 aromatic rings. The summed E-state index contributed by atoms with van der Waals surface area (Å²) in [6.07, 6.45) is -2.04. The fourth-order valence-electron chi connectivity index (χ4n) is 2.23. The van der Waals surface area contributed by atoms with E-state index in [9.17, 15) is 30.8 Å². The minimum absolute atomic E-state index is 0.0440. The lowest BCUT2D eigenvalue weighted by molar-refractivity contribution is -0.140. The van der Waals surface area contributed by atoms with E-state index in [1.165, 1.54) is 21.0 Å². The summed E-state index contributed by atoms with van der Waals surface area (Å²) in [7, 11) is -3.26. The minimum Gasteiger partial charge on any atom is -0.275 e. The first-order chi connectivity index (χ1) is 13.0. The van der Waals surface area contributed by atoms with Crippen LogP contribution in [0.2, 0.25) is 0 Å². The van der Waals surface area contributed by atoms with Gasteiger partial charge in [-0.05, 0) is 18.2 Å². The molecular weight excluding hydrogens is 424 g/mol. The van der Waals surface area contributed by atoms with E-state index in [4.69, 9.17) is 0 Å². The van der Waals surface area contributed by atoms with Crippen LogP contribution in [0.4, 0.5) is 17.6 Å². The number of hydrogen-bond acceptors (Lipinski definition) is 6. The summed E-state index contributed by atoms with van der Waals surface area (Å²) < 4.78 is 79.9. The van der Waals surface area contributed by atoms with Crippen LogP contribution in [0, 0.1) is 5.82 Å². The normalized spacial score (nSPS) is 12.2. The van der Waals surface area contributed by atoms with Gasteiger partial charge in [-0.25, -0.2) is 22.5 Å². The van der Waals surface area contributed by atoms with E-state index in [0.29, 0.717) is 22.7 Å². The van der Waals surface area contributed by atoms with Crippen LogP contribution < -0.4 is 4.72 Å². The summed E-state index contributed by atoms with van der Waals surface area (Å²) in [5.41, 5.74) is -1.45. The van der Waals surface area contributed by atoms with Crippen molar-refractivity contribution in [3.8, 4) is 10.6 Å². The van der Waals surface area contributed by atoms with Gasteiger partial charge in [-0.3, -0.25) is 9.48 Å². The average molecular weight is 434 g/mol. The number of aromatic nitrogens is 3. The number of aryl methyl sites for hydroxylation is 1. The van der Waals surface area contributed by atoms with Crippen LogP contribution in [0.3, 0.4) is 0 Å². The number of thiazole rings is 1. The highest BCUT2D eigenvalue weighted by atomic mass is 32.2. The van der Waals surface area contributed by atoms with Crippen LogP contribution in [0.5, 0.6) is 0 Å². The van der Waals surface area contributed by atoms with Crippen LogP contribution in [0.1, 0.15) is 16.1 Å². The maximum Gasteiger partial charge on any atom is 0.417 e. The SMILES string of the molecule is Cn1cc(-c2nc(C(=O)NS(=O)(=O)c3ccc(F)cc3C(F)(F)F)cs2)cn1. The van der Waals surface area contributed by atoms with Crippen LogP contribution >= 0.6 is 11.3 Å². The molecule has 0 unspecified atom stereocenters. The lowest BCUT2D eigenvalue weighted by Gasteiger charge is -2.13. The third kappa shape index (κ3) is 4.04. The molecule has 1 aromatic carbocycles. The number of nitrogens with zero attached hydrogens (tertiary/aromatic N) is 3. The molecule has 0 aliphatic heterocycles. The van der Waals surface area contributed by atoms with Crippen molar-refractivity contribution in [2.24, 2.45) is 7.05 Å². The Balaban J connectivity index is 1.89. The van der Waals surface area contributed by atoms with Crippen LogP contribution in [-0.2, 0) is 23.2 Å². The second-order valence-corrected chi connectivity index (χ2v) is 8.02. The molecule has 0 bridgehead atoms. The zero-order valence-corrected chi connectivity index (χ0v) is 15.5. The Morgan fingerprint density at radius 1 is 1.29 bits per heavy atom. The van der Waals surface area contributed by atoms with Crippen molar-refractivity contribution in [3.05, 3.63) is 53.0 Å². The molecule has 0 radical (unpaired) electrons. The van der Waals surface area contributed by atoms with E-state index in [-0.39, 0.29) is 11.8 Å². The Kier molecular flexibility index (Phi) is 4.97. The van der Waals surface area contributed by atoms with Crippen molar-refractivity contribution >= 4 is 27.3 Å². The van der Waals surface area contributed by atoms with Crippen molar-refractivity contribution < 1.29 is 30.8 Å². The lowest BCUT2D eigenvalue weighted by atomic mass is 10.2. The molecule has 3 rings (SSSR count). The number of carbonyl (C=O) groups excluding carboxylic acids is 1. The molecule has 7 nitrogen and oxygen atoms in total. The first-order valence-electron chi connectivity index (χ1n) is 7.36. The minimum atomic E-state index is -5.14. The van der Waals surface area contributed by atoms with Gasteiger partial charge in [-0.15, -0.1) is 11.3 Å². The van der Waals surface area contributed by atoms with E-state index in [1.54, 1.807) is 13.2 Å². The number of hydrogen-bond donors (Lipinski definition) is 1. The van der Waals surface area contributed by atoms with E-state index >= 15 is 0 Å². The number of alkyl halides is 3. The van der Waals surface area contributed by atoms with Crippen molar-refractivity contribution in [3.63, 3.8) is 0 Å². The molecule has 1 amide bonds. The van der Waals surface area contributed by atoms with Gasteiger partial charge in [0, 0.05) is 24.2 Å². The quantitative estimate of drug-likeness (QED) is 0.638. The molecule has 13 heteroatoms. The Morgan fingerprint density at radius 3 is 2.61 bits per heavy atom.